The van der Waals surface area contributed by atoms with Crippen LogP contribution < -0.4 is 19.7 Å². The van der Waals surface area contributed by atoms with E-state index in [1.54, 1.807) is 0 Å². The molecule has 2 aromatic carbocycles. The number of rotatable bonds is 6. The van der Waals surface area contributed by atoms with Crippen LogP contribution >= 0.6 is 0 Å². The Bertz CT molecular complexity index is 783. The molecule has 2 aromatic rings. The average molecular weight is 366 g/mol. The summed E-state index contributed by atoms with van der Waals surface area (Å²) < 4.78 is 11.1. The van der Waals surface area contributed by atoms with Gasteiger partial charge in [0.2, 0.25) is 5.91 Å². The summed E-state index contributed by atoms with van der Waals surface area (Å²) in [5.74, 6) is 1.67. The topological polar surface area (TPSA) is 50.8 Å². The highest BCUT2D eigenvalue weighted by atomic mass is 16.6. The van der Waals surface area contributed by atoms with Crippen LogP contribution in [0, 0.1) is 0 Å². The normalized spacial score (nSPS) is 15.6. The monoisotopic (exact) mass is 366 g/mol. The van der Waals surface area contributed by atoms with Gasteiger partial charge in [0.25, 0.3) is 0 Å². The van der Waals surface area contributed by atoms with Crippen LogP contribution in [0.3, 0.4) is 0 Å². The third-order valence-electron chi connectivity index (χ3n) is 5.10. The zero-order valence-electron chi connectivity index (χ0n) is 15.6. The van der Waals surface area contributed by atoms with E-state index in [-0.39, 0.29) is 5.91 Å². The highest BCUT2D eigenvalue weighted by Crippen LogP contribution is 2.31. The number of fused-ring (bicyclic) bond motifs is 1. The Morgan fingerprint density at radius 2 is 1.70 bits per heavy atom. The van der Waals surface area contributed by atoms with Crippen molar-refractivity contribution >= 4 is 17.3 Å². The Kier molecular flexibility index (Phi) is 5.47. The van der Waals surface area contributed by atoms with E-state index in [0.717, 1.165) is 43.1 Å². The van der Waals surface area contributed by atoms with Gasteiger partial charge in [-0.1, -0.05) is 6.07 Å². The van der Waals surface area contributed by atoms with E-state index in [2.05, 4.69) is 22.3 Å². The second kappa shape index (κ2) is 8.33. The maximum absolute atomic E-state index is 12.2. The van der Waals surface area contributed by atoms with Gasteiger partial charge in [-0.3, -0.25) is 4.79 Å². The molecule has 0 radical (unpaired) electrons. The molecule has 0 aliphatic carbocycles. The number of nitrogens with one attached hydrogen (secondary N) is 1. The van der Waals surface area contributed by atoms with Gasteiger partial charge in [0, 0.05) is 30.9 Å². The number of hydrogen-bond acceptors (Lipinski definition) is 4. The number of amides is 1. The summed E-state index contributed by atoms with van der Waals surface area (Å²) >= 11 is 0. The highest BCUT2D eigenvalue weighted by molar-refractivity contribution is 5.90. The van der Waals surface area contributed by atoms with Gasteiger partial charge in [-0.25, -0.2) is 0 Å². The van der Waals surface area contributed by atoms with Gasteiger partial charge in [0.1, 0.15) is 13.2 Å². The molecular weight excluding hydrogens is 340 g/mol. The molecule has 0 bridgehead atoms. The van der Waals surface area contributed by atoms with E-state index in [0.29, 0.717) is 19.6 Å². The molecule has 142 valence electrons. The molecule has 0 atom stereocenters. The summed E-state index contributed by atoms with van der Waals surface area (Å²) in [6.45, 7) is 3.46. The van der Waals surface area contributed by atoms with Crippen LogP contribution in [0.1, 0.15) is 31.2 Å². The summed E-state index contributed by atoms with van der Waals surface area (Å²) in [5, 5.41) is 2.99. The van der Waals surface area contributed by atoms with Crippen LogP contribution in [-0.2, 0) is 11.2 Å². The largest absolute Gasteiger partial charge is 0.486 e. The number of benzene rings is 2. The Hall–Kier alpha value is -2.69. The number of hydrogen-bond donors (Lipinski definition) is 1. The summed E-state index contributed by atoms with van der Waals surface area (Å²) in [4.78, 5) is 14.6. The lowest BCUT2D eigenvalue weighted by Gasteiger charge is -2.18. The lowest BCUT2D eigenvalue weighted by molar-refractivity contribution is -0.116. The van der Waals surface area contributed by atoms with Crippen LogP contribution in [0.5, 0.6) is 11.5 Å². The van der Waals surface area contributed by atoms with Crippen molar-refractivity contribution in [1.82, 2.24) is 0 Å². The fourth-order valence-corrected chi connectivity index (χ4v) is 3.65. The molecule has 1 fully saturated rings. The molecule has 0 spiro atoms. The molecule has 5 heteroatoms. The Labute approximate surface area is 160 Å². The maximum Gasteiger partial charge on any atom is 0.224 e. The smallest absolute Gasteiger partial charge is 0.224 e. The minimum absolute atomic E-state index is 0.0569. The first-order valence-corrected chi connectivity index (χ1v) is 9.81. The van der Waals surface area contributed by atoms with Gasteiger partial charge in [-0.2, -0.15) is 0 Å². The van der Waals surface area contributed by atoms with Crippen molar-refractivity contribution in [3.63, 3.8) is 0 Å². The van der Waals surface area contributed by atoms with Gasteiger partial charge >= 0.3 is 0 Å². The molecular formula is C22H26N2O3. The van der Waals surface area contributed by atoms with Gasteiger partial charge in [0.15, 0.2) is 11.5 Å². The first-order chi connectivity index (χ1) is 13.3. The summed E-state index contributed by atoms with van der Waals surface area (Å²) in [6.07, 6.45) is 4.68. The first-order valence-electron chi connectivity index (χ1n) is 9.81. The molecule has 0 saturated carbocycles. The van der Waals surface area contributed by atoms with Crippen LogP contribution in [-0.4, -0.2) is 32.2 Å². The van der Waals surface area contributed by atoms with E-state index in [1.807, 2.05) is 30.3 Å². The first kappa shape index (κ1) is 17.7. The van der Waals surface area contributed by atoms with Crippen LogP contribution in [0.15, 0.2) is 42.5 Å². The molecule has 2 aliphatic heterocycles. The number of anilines is 2. The highest BCUT2D eigenvalue weighted by Gasteiger charge is 2.13. The lowest BCUT2D eigenvalue weighted by atomic mass is 10.1. The minimum atomic E-state index is 0.0569. The summed E-state index contributed by atoms with van der Waals surface area (Å²) in [7, 11) is 0. The molecule has 1 N–H and O–H groups in total. The SMILES string of the molecule is O=C(CCCc1ccc2c(c1)OCCO2)Nc1ccc(N2CCCC2)cc1. The molecule has 1 amide bonds. The number of aryl methyl sites for hydroxylation is 1. The van der Waals surface area contributed by atoms with Crippen molar-refractivity contribution in [1.29, 1.82) is 0 Å². The van der Waals surface area contributed by atoms with Crippen LogP contribution in [0.25, 0.3) is 0 Å². The Morgan fingerprint density at radius 3 is 2.48 bits per heavy atom. The van der Waals surface area contributed by atoms with Crippen LogP contribution in [0.4, 0.5) is 11.4 Å². The fraction of sp³-hybridized carbons (Fsp3) is 0.409. The standard InChI is InChI=1S/C22H26N2O3/c25-22(23-18-7-9-19(10-8-18)24-12-1-2-13-24)5-3-4-17-6-11-20-21(16-17)27-15-14-26-20/h6-11,16H,1-5,12-15H2,(H,23,25). The van der Waals surface area contributed by atoms with E-state index >= 15 is 0 Å². The fourth-order valence-electron chi connectivity index (χ4n) is 3.65. The zero-order valence-corrected chi connectivity index (χ0v) is 15.6. The van der Waals surface area contributed by atoms with Crippen molar-refractivity contribution in [3.05, 3.63) is 48.0 Å². The minimum Gasteiger partial charge on any atom is -0.486 e. The predicted molar refractivity (Wildman–Crippen MR) is 107 cm³/mol. The molecule has 2 aliphatic rings. The van der Waals surface area contributed by atoms with Crippen molar-refractivity contribution < 1.29 is 14.3 Å². The quantitative estimate of drug-likeness (QED) is 0.839. The molecule has 4 rings (SSSR count). The van der Waals surface area contributed by atoms with Gasteiger partial charge in [-0.15, -0.1) is 0 Å². The lowest BCUT2D eigenvalue weighted by Crippen LogP contribution is -2.17. The zero-order chi connectivity index (χ0) is 18.5. The molecule has 0 aromatic heterocycles. The molecule has 5 nitrogen and oxygen atoms in total. The average Bonchev–Trinajstić information content (AvgIpc) is 3.23. The second-order valence-electron chi connectivity index (χ2n) is 7.12. The van der Waals surface area contributed by atoms with Crippen molar-refractivity contribution in [2.45, 2.75) is 32.1 Å². The van der Waals surface area contributed by atoms with Gasteiger partial charge in [0.05, 0.1) is 0 Å². The number of nitrogens with zero attached hydrogens (tertiary/aromatic N) is 1. The predicted octanol–water partition coefficient (Wildman–Crippen LogP) is 4.02. The molecule has 27 heavy (non-hydrogen) atoms. The summed E-state index contributed by atoms with van der Waals surface area (Å²) in [5.41, 5.74) is 3.27. The second-order valence-corrected chi connectivity index (χ2v) is 7.12. The van der Waals surface area contributed by atoms with E-state index in [1.165, 1.54) is 24.1 Å². The van der Waals surface area contributed by atoms with E-state index < -0.39 is 0 Å². The van der Waals surface area contributed by atoms with Gasteiger partial charge < -0.3 is 19.7 Å². The van der Waals surface area contributed by atoms with Crippen LogP contribution in [0.2, 0.25) is 0 Å². The Balaban J connectivity index is 1.23. The molecule has 1 saturated heterocycles. The number of carbonyl (C=O) groups is 1. The van der Waals surface area contributed by atoms with Crippen molar-refractivity contribution in [2.24, 2.45) is 0 Å². The maximum atomic E-state index is 12.2. The molecule has 0 unspecified atom stereocenters. The Morgan fingerprint density at radius 1 is 0.963 bits per heavy atom. The van der Waals surface area contributed by atoms with E-state index in [4.69, 9.17) is 9.47 Å². The van der Waals surface area contributed by atoms with Crippen molar-refractivity contribution in [3.8, 4) is 11.5 Å². The van der Waals surface area contributed by atoms with E-state index in [9.17, 15) is 4.79 Å². The third kappa shape index (κ3) is 4.54. The summed E-state index contributed by atoms with van der Waals surface area (Å²) in [6, 6.07) is 14.2. The number of carbonyl (C=O) groups excluding carboxylic acids is 1. The van der Waals surface area contributed by atoms with Crippen molar-refractivity contribution in [2.75, 3.05) is 36.5 Å². The molecule has 2 heterocycles. The number of ether oxygens (including phenoxy) is 2. The van der Waals surface area contributed by atoms with Gasteiger partial charge in [-0.05, 0) is 67.6 Å². The third-order valence-corrected chi connectivity index (χ3v) is 5.10.